The quantitative estimate of drug-likeness (QED) is 0.925. The molecule has 4 atom stereocenters. The van der Waals surface area contributed by atoms with E-state index in [1.165, 1.54) is 24.1 Å². The smallest absolute Gasteiger partial charge is 0.0931 e. The van der Waals surface area contributed by atoms with Crippen LogP contribution in [0.5, 0.6) is 0 Å². The first-order valence-electron chi connectivity index (χ1n) is 7.59. The minimum atomic E-state index is 0.157. The van der Waals surface area contributed by atoms with Crippen molar-refractivity contribution in [1.29, 1.82) is 0 Å². The van der Waals surface area contributed by atoms with Crippen LogP contribution in [-0.2, 0) is 4.74 Å². The van der Waals surface area contributed by atoms with Gasteiger partial charge in [0.25, 0.3) is 0 Å². The summed E-state index contributed by atoms with van der Waals surface area (Å²) in [5.74, 6) is 0. The van der Waals surface area contributed by atoms with Gasteiger partial charge in [0.2, 0.25) is 0 Å². The van der Waals surface area contributed by atoms with E-state index >= 15 is 0 Å². The number of hydrogen-bond donors (Lipinski definition) is 1. The van der Waals surface area contributed by atoms with Gasteiger partial charge >= 0.3 is 0 Å². The summed E-state index contributed by atoms with van der Waals surface area (Å²) in [5, 5.41) is 0. The van der Waals surface area contributed by atoms with Crippen molar-refractivity contribution in [2.24, 2.45) is 5.73 Å². The highest BCUT2D eigenvalue weighted by atomic mass is 35.5. The normalized spacial score (nSPS) is 30.1. The Kier molecular flexibility index (Phi) is 4.68. The number of fused-ring (bicyclic) bond motifs is 1. The highest BCUT2D eigenvalue weighted by Crippen LogP contribution is 2.39. The van der Waals surface area contributed by atoms with Gasteiger partial charge in [-0.15, -0.1) is 11.3 Å². The van der Waals surface area contributed by atoms with Gasteiger partial charge in [0.05, 0.1) is 23.1 Å². The van der Waals surface area contributed by atoms with Gasteiger partial charge in [0.1, 0.15) is 0 Å². The van der Waals surface area contributed by atoms with Crippen molar-refractivity contribution in [2.45, 2.75) is 56.8 Å². The summed E-state index contributed by atoms with van der Waals surface area (Å²) in [6, 6.07) is 5.11. The molecular weight excluding hydrogens is 292 g/mol. The molecule has 112 valence electrons. The molecule has 0 spiro atoms. The van der Waals surface area contributed by atoms with Gasteiger partial charge in [-0.25, -0.2) is 0 Å². The average molecular weight is 315 g/mol. The molecule has 2 heterocycles. The van der Waals surface area contributed by atoms with Gasteiger partial charge in [-0.3, -0.25) is 4.90 Å². The lowest BCUT2D eigenvalue weighted by Gasteiger charge is -2.44. The molecule has 0 aromatic carbocycles. The summed E-state index contributed by atoms with van der Waals surface area (Å²) in [6.45, 7) is 3.97. The van der Waals surface area contributed by atoms with Crippen LogP contribution in [0.15, 0.2) is 12.1 Å². The second kappa shape index (κ2) is 6.32. The predicted octanol–water partition coefficient (Wildman–Crippen LogP) is 3.43. The molecule has 2 fully saturated rings. The van der Waals surface area contributed by atoms with Crippen LogP contribution in [-0.4, -0.2) is 36.2 Å². The monoisotopic (exact) mass is 314 g/mol. The van der Waals surface area contributed by atoms with E-state index in [2.05, 4.69) is 17.9 Å². The fourth-order valence-electron chi connectivity index (χ4n) is 3.63. The fourth-order valence-corrected chi connectivity index (χ4v) is 4.89. The molecule has 2 N–H and O–H groups in total. The summed E-state index contributed by atoms with van der Waals surface area (Å²) < 4.78 is 6.78. The number of ether oxygens (including phenoxy) is 1. The first kappa shape index (κ1) is 14.8. The number of morpholine rings is 1. The molecule has 0 amide bonds. The summed E-state index contributed by atoms with van der Waals surface area (Å²) in [4.78, 5) is 3.90. The van der Waals surface area contributed by atoms with Crippen LogP contribution in [0.4, 0.5) is 0 Å². The van der Waals surface area contributed by atoms with E-state index in [1.54, 1.807) is 11.3 Å². The van der Waals surface area contributed by atoms with E-state index < -0.39 is 0 Å². The van der Waals surface area contributed by atoms with Gasteiger partial charge in [-0.05, 0) is 37.8 Å². The third-order valence-corrected chi connectivity index (χ3v) is 5.95. The third kappa shape index (κ3) is 2.77. The summed E-state index contributed by atoms with van der Waals surface area (Å²) >= 11 is 7.81. The zero-order valence-electron chi connectivity index (χ0n) is 11.9. The summed E-state index contributed by atoms with van der Waals surface area (Å²) in [5.41, 5.74) is 6.45. The Hall–Kier alpha value is -0.130. The summed E-state index contributed by atoms with van der Waals surface area (Å²) in [7, 11) is 0. The maximum atomic E-state index is 6.45. The van der Waals surface area contributed by atoms with E-state index in [-0.39, 0.29) is 12.1 Å². The highest BCUT2D eigenvalue weighted by Gasteiger charge is 2.41. The Morgan fingerprint density at radius 2 is 2.35 bits per heavy atom. The minimum absolute atomic E-state index is 0.157. The van der Waals surface area contributed by atoms with Crippen LogP contribution in [0.3, 0.4) is 0 Å². The van der Waals surface area contributed by atoms with Gasteiger partial charge < -0.3 is 10.5 Å². The van der Waals surface area contributed by atoms with Crippen LogP contribution < -0.4 is 5.73 Å². The standard InChI is InChI=1S/C15H23ClN2OS/c1-2-10(17)15(13-6-7-14(16)20-13)18-8-9-19-12-5-3-4-11(12)18/h6-7,10-12,15H,2-5,8-9,17H2,1H3. The van der Waals surface area contributed by atoms with Gasteiger partial charge in [-0.1, -0.05) is 18.5 Å². The Balaban J connectivity index is 1.88. The third-order valence-electron chi connectivity index (χ3n) is 4.64. The van der Waals surface area contributed by atoms with Crippen molar-refractivity contribution in [2.75, 3.05) is 13.2 Å². The van der Waals surface area contributed by atoms with E-state index in [4.69, 9.17) is 22.1 Å². The van der Waals surface area contributed by atoms with Crippen molar-refractivity contribution in [3.05, 3.63) is 21.3 Å². The Morgan fingerprint density at radius 1 is 1.50 bits per heavy atom. The second-order valence-corrected chi connectivity index (χ2v) is 7.55. The minimum Gasteiger partial charge on any atom is -0.375 e. The molecule has 1 aromatic rings. The van der Waals surface area contributed by atoms with Gasteiger partial charge in [0, 0.05) is 23.5 Å². The molecule has 1 saturated carbocycles. The number of thiophene rings is 1. The zero-order chi connectivity index (χ0) is 14.1. The molecule has 0 radical (unpaired) electrons. The molecule has 1 aromatic heterocycles. The van der Waals surface area contributed by atoms with E-state index in [1.807, 2.05) is 6.07 Å². The lowest BCUT2D eigenvalue weighted by Crippen LogP contribution is -2.53. The first-order valence-corrected chi connectivity index (χ1v) is 8.78. The fraction of sp³-hybridized carbons (Fsp3) is 0.733. The molecule has 20 heavy (non-hydrogen) atoms. The maximum Gasteiger partial charge on any atom is 0.0931 e. The summed E-state index contributed by atoms with van der Waals surface area (Å²) in [6.07, 6.45) is 5.09. The Bertz CT molecular complexity index is 453. The number of nitrogens with two attached hydrogens (primary N) is 1. The van der Waals surface area contributed by atoms with Crippen LogP contribution >= 0.6 is 22.9 Å². The molecule has 1 aliphatic carbocycles. The zero-order valence-corrected chi connectivity index (χ0v) is 13.5. The largest absolute Gasteiger partial charge is 0.375 e. The number of rotatable bonds is 4. The van der Waals surface area contributed by atoms with Crippen LogP contribution in [0.25, 0.3) is 0 Å². The first-order chi connectivity index (χ1) is 9.70. The molecule has 3 nitrogen and oxygen atoms in total. The Labute approximate surface area is 130 Å². The van der Waals surface area contributed by atoms with Crippen LogP contribution in [0, 0.1) is 0 Å². The molecule has 4 unspecified atom stereocenters. The van der Waals surface area contributed by atoms with Gasteiger partial charge in [-0.2, -0.15) is 0 Å². The van der Waals surface area contributed by atoms with Crippen LogP contribution in [0.1, 0.15) is 43.5 Å². The molecular formula is C15H23ClN2OS. The molecule has 5 heteroatoms. The molecule has 1 aliphatic heterocycles. The van der Waals surface area contributed by atoms with E-state index in [0.717, 1.165) is 23.9 Å². The maximum absolute atomic E-state index is 6.45. The highest BCUT2D eigenvalue weighted by molar-refractivity contribution is 7.16. The van der Waals surface area contributed by atoms with Crippen molar-refractivity contribution < 1.29 is 4.74 Å². The van der Waals surface area contributed by atoms with Crippen LogP contribution in [0.2, 0.25) is 4.34 Å². The SMILES string of the molecule is CCC(N)C(c1ccc(Cl)s1)N1CCOC2CCCC21. The topological polar surface area (TPSA) is 38.5 Å². The molecule has 3 rings (SSSR count). The lowest BCUT2D eigenvalue weighted by molar-refractivity contribution is -0.0757. The van der Waals surface area contributed by atoms with Crippen molar-refractivity contribution in [3.63, 3.8) is 0 Å². The van der Waals surface area contributed by atoms with E-state index in [9.17, 15) is 0 Å². The number of hydrogen-bond acceptors (Lipinski definition) is 4. The number of nitrogens with zero attached hydrogens (tertiary/aromatic N) is 1. The predicted molar refractivity (Wildman–Crippen MR) is 84.4 cm³/mol. The molecule has 2 aliphatic rings. The number of halogens is 1. The molecule has 1 saturated heterocycles. The van der Waals surface area contributed by atoms with Gasteiger partial charge in [0.15, 0.2) is 0 Å². The Morgan fingerprint density at radius 3 is 3.05 bits per heavy atom. The molecule has 0 bridgehead atoms. The van der Waals surface area contributed by atoms with Crippen molar-refractivity contribution >= 4 is 22.9 Å². The average Bonchev–Trinajstić information content (AvgIpc) is 3.08. The second-order valence-electron chi connectivity index (χ2n) is 5.80. The lowest BCUT2D eigenvalue weighted by atomic mass is 9.98. The van der Waals surface area contributed by atoms with Crippen molar-refractivity contribution in [3.8, 4) is 0 Å². The van der Waals surface area contributed by atoms with E-state index in [0.29, 0.717) is 12.1 Å². The van der Waals surface area contributed by atoms with Crippen molar-refractivity contribution in [1.82, 2.24) is 4.90 Å².